The van der Waals surface area contributed by atoms with Crippen LogP contribution in [0.25, 0.3) is 10.9 Å². The number of aliphatic hydroxyl groups excluding tert-OH is 1. The first-order chi connectivity index (χ1) is 12.5. The minimum atomic E-state index is -0.843. The Morgan fingerprint density at radius 1 is 1.31 bits per heavy atom. The van der Waals surface area contributed by atoms with Crippen LogP contribution in [0, 0.1) is 18.8 Å². The highest BCUT2D eigenvalue weighted by molar-refractivity contribution is 5.93. The maximum absolute atomic E-state index is 12.3. The molecule has 2 aliphatic rings. The highest BCUT2D eigenvalue weighted by atomic mass is 16.3. The van der Waals surface area contributed by atoms with Crippen LogP contribution >= 0.6 is 0 Å². The molecule has 138 valence electrons. The maximum atomic E-state index is 12.3. The number of nitrogens with zero attached hydrogens (tertiary/aromatic N) is 2. The minimum Gasteiger partial charge on any atom is -0.383 e. The molecule has 1 aliphatic heterocycles. The molecular weight excluding hydrogens is 326 g/mol. The van der Waals surface area contributed by atoms with Crippen LogP contribution in [0.1, 0.15) is 31.7 Å². The molecule has 5 heteroatoms. The number of nitrogens with one attached hydrogen (secondary N) is 1. The van der Waals surface area contributed by atoms with E-state index in [0.717, 1.165) is 43.3 Å². The van der Waals surface area contributed by atoms with Crippen LogP contribution in [0.15, 0.2) is 30.5 Å². The van der Waals surface area contributed by atoms with E-state index < -0.39 is 6.10 Å². The molecule has 0 bridgehead atoms. The van der Waals surface area contributed by atoms with Crippen molar-refractivity contribution in [2.75, 3.05) is 18.0 Å². The molecule has 2 N–H and O–H groups in total. The number of piperidine rings is 1. The van der Waals surface area contributed by atoms with Gasteiger partial charge in [0.1, 0.15) is 6.10 Å². The summed E-state index contributed by atoms with van der Waals surface area (Å²) in [6.07, 6.45) is 3.86. The van der Waals surface area contributed by atoms with Gasteiger partial charge in [-0.15, -0.1) is 0 Å². The average molecular weight is 353 g/mol. The van der Waals surface area contributed by atoms with E-state index >= 15 is 0 Å². The van der Waals surface area contributed by atoms with E-state index in [-0.39, 0.29) is 17.9 Å². The monoisotopic (exact) mass is 353 g/mol. The van der Waals surface area contributed by atoms with Crippen molar-refractivity contribution in [3.63, 3.8) is 0 Å². The number of hydrogen-bond donors (Lipinski definition) is 2. The smallest absolute Gasteiger partial charge is 0.249 e. The van der Waals surface area contributed by atoms with E-state index in [1.807, 2.05) is 12.3 Å². The molecule has 2 aromatic rings. The van der Waals surface area contributed by atoms with Gasteiger partial charge in [-0.05, 0) is 61.8 Å². The quantitative estimate of drug-likeness (QED) is 0.887. The summed E-state index contributed by atoms with van der Waals surface area (Å²) in [6, 6.07) is 8.44. The first-order valence-electron chi connectivity index (χ1n) is 9.60. The number of carbonyl (C=O) groups is 1. The molecule has 26 heavy (non-hydrogen) atoms. The zero-order valence-corrected chi connectivity index (χ0v) is 15.5. The number of amides is 1. The Morgan fingerprint density at radius 2 is 2.12 bits per heavy atom. The van der Waals surface area contributed by atoms with E-state index in [4.69, 9.17) is 0 Å². The number of rotatable bonds is 4. The number of aryl methyl sites for hydroxylation is 1. The van der Waals surface area contributed by atoms with Crippen LogP contribution in [0.2, 0.25) is 0 Å². The number of aromatic nitrogens is 1. The van der Waals surface area contributed by atoms with Gasteiger partial charge in [-0.25, -0.2) is 0 Å². The van der Waals surface area contributed by atoms with Crippen molar-refractivity contribution in [2.24, 2.45) is 11.8 Å². The Bertz CT molecular complexity index is 818. The Kier molecular flexibility index (Phi) is 4.57. The van der Waals surface area contributed by atoms with Crippen molar-refractivity contribution in [3.05, 3.63) is 36.0 Å². The molecule has 1 aromatic heterocycles. The zero-order valence-electron chi connectivity index (χ0n) is 15.5. The number of anilines is 1. The van der Waals surface area contributed by atoms with Gasteiger partial charge in [0.15, 0.2) is 0 Å². The highest BCUT2D eigenvalue weighted by Gasteiger charge is 2.36. The molecule has 4 rings (SSSR count). The lowest BCUT2D eigenvalue weighted by Gasteiger charge is -2.39. The SMILES string of the molecule is Cc1ccc(N2CC(C)CC(NC(=O)C(O)C3CC3)C2)c2cccnc12. The molecule has 1 amide bonds. The van der Waals surface area contributed by atoms with Crippen molar-refractivity contribution in [3.8, 4) is 0 Å². The third-order valence-corrected chi connectivity index (χ3v) is 5.63. The number of fused-ring (bicyclic) bond motifs is 1. The fourth-order valence-corrected chi connectivity index (χ4v) is 4.14. The number of benzene rings is 1. The molecule has 3 atom stereocenters. The van der Waals surface area contributed by atoms with Crippen LogP contribution in [0.5, 0.6) is 0 Å². The lowest BCUT2D eigenvalue weighted by Crippen LogP contribution is -2.52. The summed E-state index contributed by atoms with van der Waals surface area (Å²) in [5.74, 6) is 0.432. The number of pyridine rings is 1. The van der Waals surface area contributed by atoms with Crippen LogP contribution in [-0.2, 0) is 4.79 Å². The Balaban J connectivity index is 1.55. The van der Waals surface area contributed by atoms with Gasteiger partial charge in [0.25, 0.3) is 0 Å². The van der Waals surface area contributed by atoms with Crippen molar-refractivity contribution < 1.29 is 9.90 Å². The predicted octanol–water partition coefficient (Wildman–Crippen LogP) is 2.65. The molecule has 5 nitrogen and oxygen atoms in total. The molecule has 1 aromatic carbocycles. The summed E-state index contributed by atoms with van der Waals surface area (Å²) >= 11 is 0. The molecule has 3 unspecified atom stereocenters. The van der Waals surface area contributed by atoms with Gasteiger partial charge in [0.05, 0.1) is 5.52 Å². The van der Waals surface area contributed by atoms with Gasteiger partial charge in [-0.2, -0.15) is 0 Å². The van der Waals surface area contributed by atoms with Crippen molar-refractivity contribution in [2.45, 2.75) is 45.3 Å². The van der Waals surface area contributed by atoms with E-state index in [1.165, 1.54) is 11.3 Å². The van der Waals surface area contributed by atoms with Gasteiger partial charge in [0.2, 0.25) is 5.91 Å². The van der Waals surface area contributed by atoms with E-state index in [0.29, 0.717) is 5.92 Å². The fourth-order valence-electron chi connectivity index (χ4n) is 4.14. The molecule has 1 saturated heterocycles. The van der Waals surface area contributed by atoms with Crippen molar-refractivity contribution in [1.29, 1.82) is 0 Å². The molecule has 0 radical (unpaired) electrons. The predicted molar refractivity (Wildman–Crippen MR) is 103 cm³/mol. The summed E-state index contributed by atoms with van der Waals surface area (Å²) in [6.45, 7) is 6.03. The number of carbonyl (C=O) groups excluding carboxylic acids is 1. The van der Waals surface area contributed by atoms with Gasteiger partial charge < -0.3 is 15.3 Å². The van der Waals surface area contributed by atoms with E-state index in [1.54, 1.807) is 0 Å². The van der Waals surface area contributed by atoms with Crippen molar-refractivity contribution >= 4 is 22.5 Å². The van der Waals surface area contributed by atoms with E-state index in [9.17, 15) is 9.90 Å². The van der Waals surface area contributed by atoms with Gasteiger partial charge in [-0.1, -0.05) is 13.0 Å². The van der Waals surface area contributed by atoms with Crippen LogP contribution in [0.4, 0.5) is 5.69 Å². The summed E-state index contributed by atoms with van der Waals surface area (Å²) in [4.78, 5) is 19.2. The molecular formula is C21H27N3O2. The standard InChI is InChI=1S/C21H27N3O2/c1-13-10-16(23-21(26)20(25)15-6-7-15)12-24(11-13)18-8-5-14(2)19-17(18)4-3-9-22-19/h3-5,8-9,13,15-16,20,25H,6-7,10-12H2,1-2H3,(H,23,26). The maximum Gasteiger partial charge on any atom is 0.249 e. The lowest BCUT2D eigenvalue weighted by molar-refractivity contribution is -0.131. The summed E-state index contributed by atoms with van der Waals surface area (Å²) < 4.78 is 0. The summed E-state index contributed by atoms with van der Waals surface area (Å²) in [7, 11) is 0. The Labute approximate surface area is 154 Å². The van der Waals surface area contributed by atoms with Gasteiger partial charge in [-0.3, -0.25) is 9.78 Å². The summed E-state index contributed by atoms with van der Waals surface area (Å²) in [5, 5.41) is 14.3. The first kappa shape index (κ1) is 17.3. The van der Waals surface area contributed by atoms with Crippen molar-refractivity contribution in [1.82, 2.24) is 10.3 Å². The van der Waals surface area contributed by atoms with Gasteiger partial charge >= 0.3 is 0 Å². The third-order valence-electron chi connectivity index (χ3n) is 5.63. The second-order valence-electron chi connectivity index (χ2n) is 8.03. The summed E-state index contributed by atoms with van der Waals surface area (Å²) in [5.41, 5.74) is 3.38. The second kappa shape index (κ2) is 6.88. The normalized spacial score (nSPS) is 24.5. The van der Waals surface area contributed by atoms with Crippen LogP contribution < -0.4 is 10.2 Å². The first-order valence-corrected chi connectivity index (χ1v) is 9.60. The van der Waals surface area contributed by atoms with Gasteiger partial charge in [0, 0.05) is 36.4 Å². The zero-order chi connectivity index (χ0) is 18.3. The van der Waals surface area contributed by atoms with Crippen LogP contribution in [0.3, 0.4) is 0 Å². The molecule has 1 aliphatic carbocycles. The Hall–Kier alpha value is -2.14. The fraction of sp³-hybridized carbons (Fsp3) is 0.524. The molecule has 0 spiro atoms. The second-order valence-corrected chi connectivity index (χ2v) is 8.03. The molecule has 2 heterocycles. The molecule has 2 fully saturated rings. The average Bonchev–Trinajstić information content (AvgIpc) is 3.46. The number of hydrogen-bond acceptors (Lipinski definition) is 4. The molecule has 1 saturated carbocycles. The topological polar surface area (TPSA) is 65.5 Å². The Morgan fingerprint density at radius 3 is 2.88 bits per heavy atom. The largest absolute Gasteiger partial charge is 0.383 e. The lowest BCUT2D eigenvalue weighted by atomic mass is 9.94. The third kappa shape index (κ3) is 3.40. The highest BCUT2D eigenvalue weighted by Crippen LogP contribution is 2.33. The minimum absolute atomic E-state index is 0.0627. The number of aliphatic hydroxyl groups is 1. The van der Waals surface area contributed by atoms with Crippen LogP contribution in [-0.4, -0.2) is 41.2 Å². The van der Waals surface area contributed by atoms with E-state index in [2.05, 4.69) is 47.2 Å².